The van der Waals surface area contributed by atoms with E-state index in [9.17, 15) is 0 Å². The quantitative estimate of drug-likeness (QED) is 0.462. The first-order chi connectivity index (χ1) is 12.2. The van der Waals surface area contributed by atoms with E-state index in [2.05, 4.69) is 31.5 Å². The molecule has 1 saturated carbocycles. The highest BCUT2D eigenvalue weighted by Gasteiger charge is 2.29. The van der Waals surface area contributed by atoms with Crippen LogP contribution < -0.4 is 10.6 Å². The topological polar surface area (TPSA) is 78.9 Å². The van der Waals surface area contributed by atoms with Gasteiger partial charge in [-0.15, -0.1) is 21.5 Å². The van der Waals surface area contributed by atoms with Crippen LogP contribution in [0.3, 0.4) is 0 Å². The highest BCUT2D eigenvalue weighted by Crippen LogP contribution is 2.39. The zero-order chi connectivity index (χ0) is 17.4. The van der Waals surface area contributed by atoms with Gasteiger partial charge in [-0.25, -0.2) is 9.66 Å². The summed E-state index contributed by atoms with van der Waals surface area (Å²) in [4.78, 5) is 4.73. The van der Waals surface area contributed by atoms with Crippen LogP contribution in [-0.2, 0) is 5.75 Å². The highest BCUT2D eigenvalue weighted by atomic mass is 79.9. The summed E-state index contributed by atoms with van der Waals surface area (Å²) in [7, 11) is 1.67. The van der Waals surface area contributed by atoms with E-state index in [1.807, 2.05) is 18.2 Å². The Kier molecular flexibility index (Phi) is 4.70. The first kappa shape index (κ1) is 16.9. The van der Waals surface area contributed by atoms with Crippen LogP contribution in [0.15, 0.2) is 33.2 Å². The van der Waals surface area contributed by atoms with Gasteiger partial charge in [0.15, 0.2) is 5.82 Å². The number of thioether (sulfide) groups is 1. The van der Waals surface area contributed by atoms with Gasteiger partial charge in [-0.05, 0) is 31.0 Å². The third-order valence-electron chi connectivity index (χ3n) is 3.93. The Morgan fingerprint density at radius 3 is 3.00 bits per heavy atom. The molecule has 9 heteroatoms. The molecule has 0 spiro atoms. The summed E-state index contributed by atoms with van der Waals surface area (Å²) in [5, 5.41) is 12.1. The molecule has 130 valence electrons. The number of rotatable bonds is 6. The number of halogens is 1. The van der Waals surface area contributed by atoms with Crippen molar-refractivity contribution < 1.29 is 4.74 Å². The molecule has 0 radical (unpaired) electrons. The number of methoxy groups -OCH3 is 1. The maximum Gasteiger partial charge on any atom is 0.210 e. The molecular weight excluding hydrogens is 422 g/mol. The van der Waals surface area contributed by atoms with E-state index in [1.54, 1.807) is 34.9 Å². The fourth-order valence-electron chi connectivity index (χ4n) is 2.49. The summed E-state index contributed by atoms with van der Waals surface area (Å²) in [6.07, 6.45) is 2.31. The summed E-state index contributed by atoms with van der Waals surface area (Å²) in [6.45, 7) is 0. The fourth-order valence-corrected chi connectivity index (χ4v) is 4.55. The van der Waals surface area contributed by atoms with Gasteiger partial charge in [-0.2, -0.15) is 0 Å². The van der Waals surface area contributed by atoms with Crippen molar-refractivity contribution >= 4 is 39.0 Å². The molecule has 2 N–H and O–H groups in total. The molecular formula is C16H16BrN5OS2. The third kappa shape index (κ3) is 3.54. The normalized spacial score (nSPS) is 14.0. The minimum Gasteiger partial charge on any atom is -0.496 e. The number of nitrogen functional groups attached to an aromatic ring is 1. The molecule has 2 heterocycles. The molecule has 3 aromatic rings. The molecule has 1 fully saturated rings. The molecule has 0 amide bonds. The summed E-state index contributed by atoms with van der Waals surface area (Å²) < 4.78 is 8.06. The van der Waals surface area contributed by atoms with Crippen molar-refractivity contribution in [1.29, 1.82) is 0 Å². The third-order valence-corrected chi connectivity index (χ3v) is 6.32. The number of thiazole rings is 1. The Hall–Kier alpha value is -1.58. The van der Waals surface area contributed by atoms with Crippen LogP contribution in [-0.4, -0.2) is 27.0 Å². The predicted octanol–water partition coefficient (Wildman–Crippen LogP) is 4.06. The lowest BCUT2D eigenvalue weighted by molar-refractivity contribution is 0.416. The molecule has 4 rings (SSSR count). The average molecular weight is 438 g/mol. The maximum atomic E-state index is 6.09. The Morgan fingerprint density at radius 1 is 1.40 bits per heavy atom. The molecule has 1 aromatic carbocycles. The highest BCUT2D eigenvalue weighted by molar-refractivity contribution is 9.10. The largest absolute Gasteiger partial charge is 0.496 e. The first-order valence-corrected chi connectivity index (χ1v) is 10.4. The van der Waals surface area contributed by atoms with Gasteiger partial charge in [0.2, 0.25) is 5.16 Å². The lowest BCUT2D eigenvalue weighted by atomic mass is 10.2. The van der Waals surface area contributed by atoms with E-state index in [4.69, 9.17) is 15.6 Å². The monoisotopic (exact) mass is 437 g/mol. The van der Waals surface area contributed by atoms with Gasteiger partial charge in [0.05, 0.1) is 18.4 Å². The van der Waals surface area contributed by atoms with Crippen molar-refractivity contribution in [3.05, 3.63) is 39.6 Å². The van der Waals surface area contributed by atoms with Crippen LogP contribution in [0.25, 0.3) is 10.6 Å². The summed E-state index contributed by atoms with van der Waals surface area (Å²) >= 11 is 6.66. The standard InChI is InChI=1S/C16H16BrN5OS2/c1-23-13-5-4-10(17)6-12(13)15-19-11(7-24-15)8-25-16-21-20-14(22(16)18)9-2-3-9/h4-7,9H,2-3,8,18H2,1H3. The molecule has 0 atom stereocenters. The first-order valence-electron chi connectivity index (χ1n) is 7.77. The van der Waals surface area contributed by atoms with Crippen molar-refractivity contribution in [2.24, 2.45) is 0 Å². The minimum absolute atomic E-state index is 0.488. The number of aromatic nitrogens is 4. The molecule has 1 aliphatic carbocycles. The zero-order valence-corrected chi connectivity index (χ0v) is 16.7. The van der Waals surface area contributed by atoms with E-state index in [0.717, 1.165) is 50.3 Å². The predicted molar refractivity (Wildman–Crippen MR) is 104 cm³/mol. The van der Waals surface area contributed by atoms with Gasteiger partial charge in [0.25, 0.3) is 0 Å². The van der Waals surface area contributed by atoms with Crippen LogP contribution in [0.4, 0.5) is 0 Å². The van der Waals surface area contributed by atoms with Crippen molar-refractivity contribution in [2.75, 3.05) is 13.0 Å². The molecule has 1 aliphatic rings. The van der Waals surface area contributed by atoms with Crippen LogP contribution in [0, 0.1) is 0 Å². The Balaban J connectivity index is 1.49. The number of benzene rings is 1. The van der Waals surface area contributed by atoms with Crippen LogP contribution in [0.2, 0.25) is 0 Å². The summed E-state index contributed by atoms with van der Waals surface area (Å²) in [5.74, 6) is 8.98. The van der Waals surface area contributed by atoms with Crippen LogP contribution in [0.1, 0.15) is 30.3 Å². The SMILES string of the molecule is COc1ccc(Br)cc1-c1nc(CSc2nnc(C3CC3)n2N)cs1. The molecule has 2 aromatic heterocycles. The van der Waals surface area contributed by atoms with Crippen LogP contribution in [0.5, 0.6) is 5.75 Å². The molecule has 0 bridgehead atoms. The Bertz CT molecular complexity index is 906. The van der Waals surface area contributed by atoms with Crippen molar-refractivity contribution in [3.63, 3.8) is 0 Å². The van der Waals surface area contributed by atoms with Crippen molar-refractivity contribution in [1.82, 2.24) is 19.9 Å². The minimum atomic E-state index is 0.488. The Labute approximate surface area is 161 Å². The average Bonchev–Trinajstić information content (AvgIpc) is 3.23. The summed E-state index contributed by atoms with van der Waals surface area (Å²) in [5.41, 5.74) is 1.97. The van der Waals surface area contributed by atoms with Gasteiger partial charge >= 0.3 is 0 Å². The van der Waals surface area contributed by atoms with Gasteiger partial charge < -0.3 is 10.6 Å². The number of nitrogens with two attached hydrogens (primary N) is 1. The summed E-state index contributed by atoms with van der Waals surface area (Å²) in [6, 6.07) is 5.91. The number of hydrogen-bond donors (Lipinski definition) is 1. The molecule has 25 heavy (non-hydrogen) atoms. The van der Waals surface area contributed by atoms with Crippen molar-refractivity contribution in [2.45, 2.75) is 29.7 Å². The van der Waals surface area contributed by atoms with Crippen LogP contribution >= 0.6 is 39.0 Å². The van der Waals surface area contributed by atoms with E-state index >= 15 is 0 Å². The second-order valence-electron chi connectivity index (χ2n) is 5.76. The maximum absolute atomic E-state index is 6.09. The van der Waals surface area contributed by atoms with Gasteiger partial charge in [0.1, 0.15) is 10.8 Å². The van der Waals surface area contributed by atoms with Gasteiger partial charge in [0, 0.05) is 21.5 Å². The second-order valence-corrected chi connectivity index (χ2v) is 8.48. The lowest BCUT2D eigenvalue weighted by Gasteiger charge is -2.06. The molecule has 6 nitrogen and oxygen atoms in total. The Morgan fingerprint density at radius 2 is 2.24 bits per heavy atom. The van der Waals surface area contributed by atoms with E-state index in [1.165, 1.54) is 0 Å². The van der Waals surface area contributed by atoms with Crippen molar-refractivity contribution in [3.8, 4) is 16.3 Å². The smallest absolute Gasteiger partial charge is 0.210 e. The molecule has 0 aliphatic heterocycles. The number of ether oxygens (including phenoxy) is 1. The fraction of sp³-hybridized carbons (Fsp3) is 0.312. The van der Waals surface area contributed by atoms with E-state index in [-0.39, 0.29) is 0 Å². The lowest BCUT2D eigenvalue weighted by Crippen LogP contribution is -2.13. The number of nitrogens with zero attached hydrogens (tertiary/aromatic N) is 4. The van der Waals surface area contributed by atoms with E-state index < -0.39 is 0 Å². The second kappa shape index (κ2) is 6.97. The molecule has 0 saturated heterocycles. The van der Waals surface area contributed by atoms with Gasteiger partial charge in [-0.3, -0.25) is 0 Å². The van der Waals surface area contributed by atoms with Gasteiger partial charge in [-0.1, -0.05) is 27.7 Å². The van der Waals surface area contributed by atoms with E-state index in [0.29, 0.717) is 11.7 Å². The zero-order valence-electron chi connectivity index (χ0n) is 13.5. The number of hydrogen-bond acceptors (Lipinski definition) is 7. The molecule has 0 unspecified atom stereocenters.